The minimum Gasteiger partial charge on any atom is -0.493 e. The maximum Gasteiger partial charge on any atom is 0.195 e. The van der Waals surface area contributed by atoms with Crippen LogP contribution in [-0.2, 0) is 5.41 Å². The zero-order valence-corrected chi connectivity index (χ0v) is 16.9. The number of carbonyl (C=O) groups excluding carboxylic acids is 1. The van der Waals surface area contributed by atoms with Crippen LogP contribution in [0.2, 0.25) is 0 Å². The van der Waals surface area contributed by atoms with Gasteiger partial charge in [-0.1, -0.05) is 19.9 Å². The van der Waals surface area contributed by atoms with Gasteiger partial charge in [-0.3, -0.25) is 4.79 Å². The number of aliphatic hydroxyl groups is 2. The molecule has 1 aliphatic carbocycles. The van der Waals surface area contributed by atoms with Gasteiger partial charge >= 0.3 is 0 Å². The summed E-state index contributed by atoms with van der Waals surface area (Å²) in [5, 5.41) is 28.6. The lowest BCUT2D eigenvalue weighted by Crippen LogP contribution is -2.30. The summed E-state index contributed by atoms with van der Waals surface area (Å²) in [5.74, 6) is 0.810. The number of fused-ring (bicyclic) bond motifs is 4. The van der Waals surface area contributed by atoms with Crippen molar-refractivity contribution in [2.75, 3.05) is 20.3 Å². The first kappa shape index (κ1) is 20.0. The van der Waals surface area contributed by atoms with Crippen LogP contribution in [0.4, 0.5) is 0 Å². The molecule has 30 heavy (non-hydrogen) atoms. The number of hydrogen-bond donors (Lipinski definition) is 3. The molecule has 1 aromatic heterocycles. The summed E-state index contributed by atoms with van der Waals surface area (Å²) in [6.45, 7) is 3.59. The molecule has 1 aliphatic rings. The number of hydrogen-bond acceptors (Lipinski definition) is 6. The van der Waals surface area contributed by atoms with Gasteiger partial charge in [0.15, 0.2) is 11.5 Å². The van der Waals surface area contributed by atoms with Crippen molar-refractivity contribution in [1.82, 2.24) is 4.98 Å². The summed E-state index contributed by atoms with van der Waals surface area (Å²) >= 11 is 0. The molecular formula is C23H22N2O5. The van der Waals surface area contributed by atoms with Gasteiger partial charge in [-0.2, -0.15) is 5.26 Å². The maximum atomic E-state index is 13.4. The van der Waals surface area contributed by atoms with Gasteiger partial charge < -0.3 is 24.7 Å². The molecule has 7 nitrogen and oxygen atoms in total. The van der Waals surface area contributed by atoms with Crippen LogP contribution in [0.5, 0.6) is 11.5 Å². The van der Waals surface area contributed by atoms with Crippen LogP contribution in [0.3, 0.4) is 0 Å². The Balaban J connectivity index is 1.88. The zero-order chi connectivity index (χ0) is 21.6. The predicted molar refractivity (Wildman–Crippen MR) is 110 cm³/mol. The summed E-state index contributed by atoms with van der Waals surface area (Å²) in [6.07, 6.45) is -0.974. The van der Waals surface area contributed by atoms with Gasteiger partial charge in [-0.05, 0) is 29.8 Å². The SMILES string of the molecule is COc1c(C#N)ccc2c3c([nH]c12)C(C)(C)c1cc(OC[C@H](O)CO)ccc1C3=O. The van der Waals surface area contributed by atoms with Crippen molar-refractivity contribution in [3.63, 3.8) is 0 Å². The van der Waals surface area contributed by atoms with Crippen LogP contribution in [0.15, 0.2) is 30.3 Å². The van der Waals surface area contributed by atoms with E-state index in [1.54, 1.807) is 30.3 Å². The summed E-state index contributed by atoms with van der Waals surface area (Å²) in [7, 11) is 1.50. The number of ether oxygens (including phenoxy) is 2. The highest BCUT2D eigenvalue weighted by atomic mass is 16.5. The normalized spacial score (nSPS) is 15.3. The molecule has 1 atom stereocenters. The topological polar surface area (TPSA) is 116 Å². The molecule has 0 amide bonds. The Labute approximate surface area is 173 Å². The number of aromatic nitrogens is 1. The first-order valence-corrected chi connectivity index (χ1v) is 9.57. The van der Waals surface area contributed by atoms with Crippen molar-refractivity contribution < 1.29 is 24.5 Å². The molecule has 0 saturated heterocycles. The number of rotatable bonds is 5. The number of aromatic amines is 1. The fraction of sp³-hybridized carbons (Fsp3) is 0.304. The Morgan fingerprint density at radius 2 is 2.03 bits per heavy atom. The lowest BCUT2D eigenvalue weighted by Gasteiger charge is -2.32. The van der Waals surface area contributed by atoms with Gasteiger partial charge in [0, 0.05) is 22.1 Å². The predicted octanol–water partition coefficient (Wildman–Crippen LogP) is 2.65. The summed E-state index contributed by atoms with van der Waals surface area (Å²) in [6, 6.07) is 10.8. The van der Waals surface area contributed by atoms with E-state index in [2.05, 4.69) is 11.1 Å². The van der Waals surface area contributed by atoms with Gasteiger partial charge in [0.2, 0.25) is 0 Å². The Bertz CT molecular complexity index is 1200. The molecule has 0 radical (unpaired) electrons. The second-order valence-corrected chi connectivity index (χ2v) is 7.86. The van der Waals surface area contributed by atoms with E-state index < -0.39 is 11.5 Å². The number of aliphatic hydroxyl groups excluding tert-OH is 2. The number of methoxy groups -OCH3 is 1. The van der Waals surface area contributed by atoms with E-state index in [0.717, 1.165) is 16.6 Å². The molecule has 2 aromatic carbocycles. The van der Waals surface area contributed by atoms with E-state index in [-0.39, 0.29) is 19.0 Å². The highest BCUT2D eigenvalue weighted by Crippen LogP contribution is 2.46. The average molecular weight is 406 g/mol. The lowest BCUT2D eigenvalue weighted by atomic mass is 9.71. The Morgan fingerprint density at radius 3 is 2.70 bits per heavy atom. The zero-order valence-electron chi connectivity index (χ0n) is 16.9. The molecule has 0 spiro atoms. The molecule has 154 valence electrons. The third kappa shape index (κ3) is 2.84. The Hall–Kier alpha value is -3.34. The molecule has 0 bridgehead atoms. The average Bonchev–Trinajstić information content (AvgIpc) is 3.16. The minimum absolute atomic E-state index is 0.0462. The molecule has 0 unspecified atom stereocenters. The third-order valence-electron chi connectivity index (χ3n) is 5.67. The van der Waals surface area contributed by atoms with Crippen LogP contribution in [-0.4, -0.2) is 47.4 Å². The molecule has 4 rings (SSSR count). The Morgan fingerprint density at radius 1 is 1.27 bits per heavy atom. The molecule has 3 N–H and O–H groups in total. The van der Waals surface area contributed by atoms with E-state index in [9.17, 15) is 15.2 Å². The quantitative estimate of drug-likeness (QED) is 0.600. The van der Waals surface area contributed by atoms with Crippen molar-refractivity contribution in [2.45, 2.75) is 25.4 Å². The highest BCUT2D eigenvalue weighted by Gasteiger charge is 2.40. The molecule has 0 saturated carbocycles. The first-order chi connectivity index (χ1) is 14.3. The number of H-pyrrole nitrogens is 1. The van der Waals surface area contributed by atoms with Crippen molar-refractivity contribution >= 4 is 16.7 Å². The number of ketones is 1. The highest BCUT2D eigenvalue weighted by molar-refractivity contribution is 6.20. The van der Waals surface area contributed by atoms with Crippen molar-refractivity contribution in [2.24, 2.45) is 0 Å². The van der Waals surface area contributed by atoms with E-state index >= 15 is 0 Å². The van der Waals surface area contributed by atoms with Crippen LogP contribution in [0.25, 0.3) is 10.9 Å². The van der Waals surface area contributed by atoms with E-state index in [1.165, 1.54) is 7.11 Å². The summed E-state index contributed by atoms with van der Waals surface area (Å²) < 4.78 is 11.0. The lowest BCUT2D eigenvalue weighted by molar-refractivity contribution is 0.0535. The van der Waals surface area contributed by atoms with E-state index in [1.807, 2.05) is 13.8 Å². The van der Waals surface area contributed by atoms with Gasteiger partial charge in [0.1, 0.15) is 24.5 Å². The third-order valence-corrected chi connectivity index (χ3v) is 5.67. The smallest absolute Gasteiger partial charge is 0.195 e. The van der Waals surface area contributed by atoms with E-state index in [4.69, 9.17) is 14.6 Å². The fourth-order valence-electron chi connectivity index (χ4n) is 4.08. The molecule has 7 heteroatoms. The number of carbonyl (C=O) groups is 1. The standard InChI is InChI=1S/C23H22N2O5/c1-23(2)17-8-14(30-11-13(27)10-26)5-7-15(17)20(28)18-16-6-4-12(9-24)21(29-3)19(16)25-22(18)23/h4-8,13,25-27H,10-11H2,1-3H3/t13-/m1/s1. The van der Waals surface area contributed by atoms with Crippen molar-refractivity contribution in [3.8, 4) is 17.6 Å². The number of nitriles is 1. The van der Waals surface area contributed by atoms with Gasteiger partial charge in [0.25, 0.3) is 0 Å². The van der Waals surface area contributed by atoms with Crippen LogP contribution in [0.1, 0.15) is 46.6 Å². The Kier molecular flexibility index (Phi) is 4.77. The molecule has 0 aliphatic heterocycles. The summed E-state index contributed by atoms with van der Waals surface area (Å²) in [5.41, 5.74) is 3.16. The summed E-state index contributed by atoms with van der Waals surface area (Å²) in [4.78, 5) is 16.7. The van der Waals surface area contributed by atoms with Gasteiger partial charge in [-0.15, -0.1) is 0 Å². The number of benzene rings is 2. The van der Waals surface area contributed by atoms with Crippen LogP contribution < -0.4 is 9.47 Å². The van der Waals surface area contributed by atoms with Gasteiger partial charge in [0.05, 0.1) is 30.4 Å². The minimum atomic E-state index is -0.974. The van der Waals surface area contributed by atoms with Crippen molar-refractivity contribution in [3.05, 3.63) is 58.3 Å². The van der Waals surface area contributed by atoms with Gasteiger partial charge in [-0.25, -0.2) is 0 Å². The largest absolute Gasteiger partial charge is 0.493 e. The van der Waals surface area contributed by atoms with Crippen molar-refractivity contribution in [1.29, 1.82) is 5.26 Å². The molecule has 1 heterocycles. The monoisotopic (exact) mass is 406 g/mol. The fourth-order valence-corrected chi connectivity index (χ4v) is 4.08. The first-order valence-electron chi connectivity index (χ1n) is 9.57. The molecule has 0 fully saturated rings. The molecular weight excluding hydrogens is 384 g/mol. The van der Waals surface area contributed by atoms with Crippen LogP contribution >= 0.6 is 0 Å². The van der Waals surface area contributed by atoms with Crippen LogP contribution in [0, 0.1) is 11.3 Å². The van der Waals surface area contributed by atoms with E-state index in [0.29, 0.717) is 33.7 Å². The second-order valence-electron chi connectivity index (χ2n) is 7.86. The second kappa shape index (κ2) is 7.17. The number of nitrogens with one attached hydrogen (secondary N) is 1. The number of nitrogens with zero attached hydrogens (tertiary/aromatic N) is 1. The maximum absolute atomic E-state index is 13.4. The molecule has 3 aromatic rings.